The van der Waals surface area contributed by atoms with Crippen LogP contribution in [0.25, 0.3) is 10.9 Å². The summed E-state index contributed by atoms with van der Waals surface area (Å²) in [6.07, 6.45) is 4.35. The van der Waals surface area contributed by atoms with Crippen LogP contribution in [0.2, 0.25) is 0 Å². The Hall–Kier alpha value is -3.40. The van der Waals surface area contributed by atoms with Crippen LogP contribution in [-0.2, 0) is 30.3 Å². The van der Waals surface area contributed by atoms with E-state index in [-0.39, 0.29) is 12.3 Å². The van der Waals surface area contributed by atoms with E-state index in [0.717, 1.165) is 29.3 Å². The Labute approximate surface area is 217 Å². The van der Waals surface area contributed by atoms with Crippen LogP contribution in [0.5, 0.6) is 0 Å². The van der Waals surface area contributed by atoms with Crippen molar-refractivity contribution >= 4 is 34.7 Å². The molecule has 0 saturated heterocycles. The predicted molar refractivity (Wildman–Crippen MR) is 141 cm³/mol. The Bertz CT molecular complexity index is 1070. The maximum Gasteiger partial charge on any atom is 0.328 e. The molecule has 0 radical (unpaired) electrons. The summed E-state index contributed by atoms with van der Waals surface area (Å²) in [6, 6.07) is 4.01. The molecule has 0 saturated carbocycles. The molecule has 2 aromatic rings. The van der Waals surface area contributed by atoms with Crippen molar-refractivity contribution in [1.82, 2.24) is 20.9 Å². The van der Waals surface area contributed by atoms with Gasteiger partial charge in [-0.1, -0.05) is 51.8 Å². The molecule has 10 heteroatoms. The average Bonchev–Trinajstić information content (AvgIpc) is 3.27. The number of unbranched alkanes of at least 4 members (excludes halogenated alkanes) is 1. The van der Waals surface area contributed by atoms with Crippen molar-refractivity contribution < 1.29 is 29.0 Å². The number of fused-ring (bicyclic) bond motifs is 1. The number of benzene rings is 1. The minimum atomic E-state index is -1.09. The monoisotopic (exact) mass is 516 g/mol. The highest BCUT2D eigenvalue weighted by atomic mass is 16.5. The standard InChI is InChI=1S/C27H40N4O6/c1-6-7-11-21(27(36)37-5)30-24(32)22(13-16(2)3)31-25(33)23(29-17(4)26(34)35)14-18-15-28-20-12-9-8-10-19(18)20/h8-10,12,15-17,21-23,28-29H,6-7,11,13-14H2,1-5H3,(H,30,32)(H,31,33)(H,34,35)/t17?,21-,22-,23-/m0/s1. The van der Waals surface area contributed by atoms with E-state index in [2.05, 4.69) is 20.9 Å². The predicted octanol–water partition coefficient (Wildman–Crippen LogP) is 2.52. The van der Waals surface area contributed by atoms with Crippen molar-refractivity contribution in [3.63, 3.8) is 0 Å². The molecule has 0 aliphatic rings. The first-order valence-electron chi connectivity index (χ1n) is 12.8. The number of aromatic nitrogens is 1. The molecule has 2 rings (SSSR count). The lowest BCUT2D eigenvalue weighted by Gasteiger charge is -2.26. The van der Waals surface area contributed by atoms with E-state index >= 15 is 0 Å². The first-order chi connectivity index (χ1) is 17.6. The summed E-state index contributed by atoms with van der Waals surface area (Å²) >= 11 is 0. The number of carboxylic acid groups (broad SMARTS) is 1. The molecule has 0 aliphatic heterocycles. The SMILES string of the molecule is CCCC[C@H](NC(=O)[C@H](CC(C)C)NC(=O)[C@H](Cc1c[nH]c2ccccc12)NC(C)C(=O)O)C(=O)OC. The quantitative estimate of drug-likeness (QED) is 0.228. The van der Waals surface area contributed by atoms with Gasteiger partial charge in [0.05, 0.1) is 13.2 Å². The number of aromatic amines is 1. The largest absolute Gasteiger partial charge is 0.480 e. The van der Waals surface area contributed by atoms with E-state index in [1.54, 1.807) is 6.20 Å². The van der Waals surface area contributed by atoms with Gasteiger partial charge in [0.25, 0.3) is 0 Å². The number of nitrogens with one attached hydrogen (secondary N) is 4. The van der Waals surface area contributed by atoms with Crippen LogP contribution in [0, 0.1) is 5.92 Å². The fraction of sp³-hybridized carbons (Fsp3) is 0.556. The van der Waals surface area contributed by atoms with Gasteiger partial charge in [0, 0.05) is 17.1 Å². The molecule has 0 fully saturated rings. The van der Waals surface area contributed by atoms with Gasteiger partial charge in [-0.3, -0.25) is 19.7 Å². The molecule has 1 heterocycles. The molecule has 0 aliphatic carbocycles. The Morgan fingerprint density at radius 2 is 1.65 bits per heavy atom. The third-order valence-electron chi connectivity index (χ3n) is 6.23. The lowest BCUT2D eigenvalue weighted by molar-refractivity contribution is -0.145. The van der Waals surface area contributed by atoms with Gasteiger partial charge in [-0.15, -0.1) is 0 Å². The van der Waals surface area contributed by atoms with Gasteiger partial charge >= 0.3 is 11.9 Å². The molecule has 4 atom stereocenters. The van der Waals surface area contributed by atoms with E-state index in [4.69, 9.17) is 4.74 Å². The normalized spacial score (nSPS) is 14.5. The highest BCUT2D eigenvalue weighted by Crippen LogP contribution is 2.19. The van der Waals surface area contributed by atoms with Crippen LogP contribution in [0.4, 0.5) is 0 Å². The molecule has 0 bridgehead atoms. The van der Waals surface area contributed by atoms with Gasteiger partial charge in [-0.25, -0.2) is 4.79 Å². The van der Waals surface area contributed by atoms with Crippen molar-refractivity contribution in [1.29, 1.82) is 0 Å². The molecule has 2 amide bonds. The van der Waals surface area contributed by atoms with Crippen molar-refractivity contribution in [2.75, 3.05) is 7.11 Å². The number of carboxylic acids is 1. The van der Waals surface area contributed by atoms with Gasteiger partial charge in [0.2, 0.25) is 11.8 Å². The van der Waals surface area contributed by atoms with Crippen LogP contribution >= 0.6 is 0 Å². The van der Waals surface area contributed by atoms with E-state index in [1.165, 1.54) is 14.0 Å². The van der Waals surface area contributed by atoms with Crippen molar-refractivity contribution in [3.05, 3.63) is 36.0 Å². The number of H-pyrrole nitrogens is 1. The number of hydrogen-bond acceptors (Lipinski definition) is 6. The Morgan fingerprint density at radius 1 is 1.00 bits per heavy atom. The third kappa shape index (κ3) is 8.89. The molecular formula is C27H40N4O6. The fourth-order valence-electron chi connectivity index (χ4n) is 4.17. The number of ether oxygens (including phenoxy) is 1. The topological polar surface area (TPSA) is 150 Å². The first-order valence-corrected chi connectivity index (χ1v) is 12.8. The van der Waals surface area contributed by atoms with Gasteiger partial charge in [-0.05, 0) is 43.7 Å². The Balaban J connectivity index is 2.26. The van der Waals surface area contributed by atoms with Crippen LogP contribution in [0.1, 0.15) is 58.9 Å². The van der Waals surface area contributed by atoms with Crippen LogP contribution < -0.4 is 16.0 Å². The zero-order chi connectivity index (χ0) is 27.5. The summed E-state index contributed by atoms with van der Waals surface area (Å²) in [5.41, 5.74) is 1.75. The molecular weight excluding hydrogens is 476 g/mol. The molecule has 1 aromatic carbocycles. The molecule has 37 heavy (non-hydrogen) atoms. The minimum Gasteiger partial charge on any atom is -0.480 e. The number of esters is 1. The van der Waals surface area contributed by atoms with Crippen molar-refractivity contribution in [2.24, 2.45) is 5.92 Å². The zero-order valence-corrected chi connectivity index (χ0v) is 22.3. The second-order valence-electron chi connectivity index (χ2n) is 9.76. The second-order valence-corrected chi connectivity index (χ2v) is 9.76. The summed E-state index contributed by atoms with van der Waals surface area (Å²) in [5, 5.41) is 18.8. The number of rotatable bonds is 15. The molecule has 204 valence electrons. The summed E-state index contributed by atoms with van der Waals surface area (Å²) in [7, 11) is 1.27. The minimum absolute atomic E-state index is 0.0706. The summed E-state index contributed by atoms with van der Waals surface area (Å²) in [4.78, 5) is 53.6. The second kappa shape index (κ2) is 14.4. The number of methoxy groups -OCH3 is 1. The van der Waals surface area contributed by atoms with E-state index in [1.807, 2.05) is 45.0 Å². The number of carbonyl (C=O) groups is 4. The zero-order valence-electron chi connectivity index (χ0n) is 22.3. The summed E-state index contributed by atoms with van der Waals surface area (Å²) in [5.74, 6) is -2.54. The highest BCUT2D eigenvalue weighted by molar-refractivity contribution is 5.93. The molecule has 1 aromatic heterocycles. The number of carbonyl (C=O) groups excluding carboxylic acids is 3. The van der Waals surface area contributed by atoms with Crippen LogP contribution in [0.15, 0.2) is 30.5 Å². The van der Waals surface area contributed by atoms with Crippen LogP contribution in [0.3, 0.4) is 0 Å². The Kier molecular flexibility index (Phi) is 11.6. The van der Waals surface area contributed by atoms with Gasteiger partial charge < -0.3 is 25.5 Å². The smallest absolute Gasteiger partial charge is 0.328 e. The van der Waals surface area contributed by atoms with Crippen LogP contribution in [-0.4, -0.2) is 65.1 Å². The maximum atomic E-state index is 13.5. The molecule has 10 nitrogen and oxygen atoms in total. The summed E-state index contributed by atoms with van der Waals surface area (Å²) in [6.45, 7) is 7.30. The third-order valence-corrected chi connectivity index (χ3v) is 6.23. The van der Waals surface area contributed by atoms with Crippen molar-refractivity contribution in [2.45, 2.75) is 84.0 Å². The highest BCUT2D eigenvalue weighted by Gasteiger charge is 2.31. The fourth-order valence-corrected chi connectivity index (χ4v) is 4.17. The molecule has 5 N–H and O–H groups in total. The van der Waals surface area contributed by atoms with E-state index in [9.17, 15) is 24.3 Å². The van der Waals surface area contributed by atoms with Gasteiger partial charge in [0.1, 0.15) is 18.1 Å². The lowest BCUT2D eigenvalue weighted by atomic mass is 10.00. The van der Waals surface area contributed by atoms with Crippen molar-refractivity contribution in [3.8, 4) is 0 Å². The van der Waals surface area contributed by atoms with E-state index in [0.29, 0.717) is 12.8 Å². The number of para-hydroxylation sites is 1. The van der Waals surface area contributed by atoms with E-state index < -0.39 is 47.9 Å². The van der Waals surface area contributed by atoms with Gasteiger partial charge in [0.15, 0.2) is 0 Å². The molecule has 0 spiro atoms. The van der Waals surface area contributed by atoms with Gasteiger partial charge in [-0.2, -0.15) is 0 Å². The number of amides is 2. The average molecular weight is 517 g/mol. The first kappa shape index (κ1) is 29.8. The summed E-state index contributed by atoms with van der Waals surface area (Å²) < 4.78 is 4.84. The number of hydrogen-bond donors (Lipinski definition) is 5. The number of aliphatic carboxylic acids is 1. The Morgan fingerprint density at radius 3 is 2.27 bits per heavy atom. The lowest BCUT2D eigenvalue weighted by Crippen LogP contribution is -2.57. The molecule has 1 unspecified atom stereocenters. The maximum absolute atomic E-state index is 13.5.